The van der Waals surface area contributed by atoms with E-state index in [4.69, 9.17) is 4.74 Å². The van der Waals surface area contributed by atoms with Gasteiger partial charge in [-0.2, -0.15) is 0 Å². The minimum absolute atomic E-state index is 0.0835. The Hall–Kier alpha value is -3.15. The maximum absolute atomic E-state index is 14.7. The van der Waals surface area contributed by atoms with Crippen LogP contribution in [-0.4, -0.2) is 17.5 Å². The number of carbonyl (C=O) groups excluding carboxylic acids is 2. The van der Waals surface area contributed by atoms with E-state index in [9.17, 15) is 14.0 Å². The number of allylic oxidation sites excluding steroid dienone is 3. The number of halogens is 1. The molecule has 1 aliphatic rings. The van der Waals surface area contributed by atoms with Crippen LogP contribution in [0.3, 0.4) is 0 Å². The zero-order valence-electron chi connectivity index (χ0n) is 18.7. The zero-order chi connectivity index (χ0) is 23.2. The number of nitrogens with one attached hydrogen (secondary N) is 2. The first-order valence-electron chi connectivity index (χ1n) is 10.4. The molecule has 1 aliphatic heterocycles. The summed E-state index contributed by atoms with van der Waals surface area (Å²) >= 11 is 0. The average Bonchev–Trinajstić information content (AvgIpc) is 2.73. The van der Waals surface area contributed by atoms with Crippen molar-refractivity contribution in [3.05, 3.63) is 66.0 Å². The van der Waals surface area contributed by atoms with Gasteiger partial charge in [0.25, 0.3) is 5.91 Å². The number of hydrogen-bond acceptors (Lipinski definition) is 3. The normalized spacial score (nSPS) is 16.0. The van der Waals surface area contributed by atoms with Crippen molar-refractivity contribution in [2.75, 3.05) is 10.6 Å². The predicted octanol–water partition coefficient (Wildman–Crippen LogP) is 5.93. The Labute approximate surface area is 183 Å². The van der Waals surface area contributed by atoms with Crippen molar-refractivity contribution in [2.45, 2.75) is 59.0 Å². The summed E-state index contributed by atoms with van der Waals surface area (Å²) < 4.78 is 20.2. The summed E-state index contributed by atoms with van der Waals surface area (Å²) in [5, 5.41) is 5.77. The zero-order valence-corrected chi connectivity index (χ0v) is 18.7. The molecule has 0 radical (unpaired) electrons. The van der Waals surface area contributed by atoms with Gasteiger partial charge in [0.2, 0.25) is 5.91 Å². The largest absolute Gasteiger partial charge is 0.463 e. The van der Waals surface area contributed by atoms with Gasteiger partial charge in [0, 0.05) is 29.7 Å². The van der Waals surface area contributed by atoms with Crippen LogP contribution in [-0.2, 0) is 16.0 Å². The number of benzene rings is 1. The first-order chi connectivity index (χ1) is 14.7. The molecule has 0 fully saturated rings. The molecule has 2 rings (SSSR count). The molecule has 0 aromatic heterocycles. The summed E-state index contributed by atoms with van der Waals surface area (Å²) in [5.74, 6) is -0.0113. The second-order valence-electron chi connectivity index (χ2n) is 7.79. The van der Waals surface area contributed by atoms with Crippen LogP contribution in [0.5, 0.6) is 5.75 Å². The summed E-state index contributed by atoms with van der Waals surface area (Å²) in [4.78, 5) is 25.0. The van der Waals surface area contributed by atoms with Crippen molar-refractivity contribution >= 4 is 23.2 Å². The van der Waals surface area contributed by atoms with Crippen LogP contribution in [0.15, 0.2) is 54.9 Å². The van der Waals surface area contributed by atoms with E-state index in [-0.39, 0.29) is 18.2 Å². The third-order valence-electron chi connectivity index (χ3n) is 5.41. The Bertz CT molecular complexity index is 958. The molecule has 1 aromatic carbocycles. The van der Waals surface area contributed by atoms with Gasteiger partial charge in [-0.25, -0.2) is 4.39 Å². The Morgan fingerprint density at radius 3 is 2.68 bits per heavy atom. The number of ether oxygens (including phenoxy) is 1. The minimum atomic E-state index is -1.44. The SMILES string of the molecule is C=COc1c(C)c(NC(=O)C(/C=C\C)=C(/C=C)CC(C)(F)CC)cc2c1NC(=O)CC2. The maximum atomic E-state index is 14.7. The maximum Gasteiger partial charge on any atom is 0.255 e. The molecular weight excluding hydrogens is 395 g/mol. The van der Waals surface area contributed by atoms with Gasteiger partial charge in [0.05, 0.1) is 11.9 Å². The fraction of sp³-hybridized carbons (Fsp3) is 0.360. The molecule has 1 aromatic rings. The summed E-state index contributed by atoms with van der Waals surface area (Å²) in [6.45, 7) is 14.3. The lowest BCUT2D eigenvalue weighted by Crippen LogP contribution is -2.22. The predicted molar refractivity (Wildman–Crippen MR) is 124 cm³/mol. The fourth-order valence-corrected chi connectivity index (χ4v) is 3.44. The van der Waals surface area contributed by atoms with Crippen LogP contribution >= 0.6 is 0 Å². The lowest BCUT2D eigenvalue weighted by Gasteiger charge is -2.24. The summed E-state index contributed by atoms with van der Waals surface area (Å²) in [6.07, 6.45) is 7.51. The Morgan fingerprint density at radius 2 is 2.10 bits per heavy atom. The molecule has 5 nitrogen and oxygen atoms in total. The van der Waals surface area contributed by atoms with Gasteiger partial charge in [0.1, 0.15) is 5.67 Å². The highest BCUT2D eigenvalue weighted by molar-refractivity contribution is 6.08. The van der Waals surface area contributed by atoms with Gasteiger partial charge in [0.15, 0.2) is 5.75 Å². The lowest BCUT2D eigenvalue weighted by atomic mass is 9.92. The van der Waals surface area contributed by atoms with E-state index in [1.807, 2.05) is 6.07 Å². The molecule has 2 amide bonds. The molecule has 1 heterocycles. The van der Waals surface area contributed by atoms with Crippen LogP contribution in [0.25, 0.3) is 0 Å². The Balaban J connectivity index is 2.50. The topological polar surface area (TPSA) is 67.4 Å². The van der Waals surface area contributed by atoms with E-state index in [0.717, 1.165) is 5.56 Å². The first kappa shape index (κ1) is 24.1. The second kappa shape index (κ2) is 10.2. The number of fused-ring (bicyclic) bond motifs is 1. The molecule has 1 unspecified atom stereocenters. The van der Waals surface area contributed by atoms with Crippen LogP contribution < -0.4 is 15.4 Å². The third kappa shape index (κ3) is 5.72. The molecule has 6 heteroatoms. The van der Waals surface area contributed by atoms with Gasteiger partial charge >= 0.3 is 0 Å². The lowest BCUT2D eigenvalue weighted by molar-refractivity contribution is -0.116. The van der Waals surface area contributed by atoms with E-state index in [1.54, 1.807) is 32.9 Å². The highest BCUT2D eigenvalue weighted by atomic mass is 19.1. The van der Waals surface area contributed by atoms with Crippen LogP contribution in [0.2, 0.25) is 0 Å². The van der Waals surface area contributed by atoms with Crippen molar-refractivity contribution in [2.24, 2.45) is 0 Å². The first-order valence-corrected chi connectivity index (χ1v) is 10.4. The minimum Gasteiger partial charge on any atom is -0.463 e. The monoisotopic (exact) mass is 426 g/mol. The van der Waals surface area contributed by atoms with Crippen molar-refractivity contribution < 1.29 is 18.7 Å². The summed E-state index contributed by atoms with van der Waals surface area (Å²) in [7, 11) is 0. The highest BCUT2D eigenvalue weighted by Crippen LogP contribution is 2.40. The number of rotatable bonds is 9. The fourth-order valence-electron chi connectivity index (χ4n) is 3.44. The smallest absolute Gasteiger partial charge is 0.255 e. The number of aryl methyl sites for hydroxylation is 1. The number of carbonyl (C=O) groups is 2. The van der Waals surface area contributed by atoms with E-state index in [1.165, 1.54) is 19.3 Å². The third-order valence-corrected chi connectivity index (χ3v) is 5.41. The van der Waals surface area contributed by atoms with E-state index >= 15 is 0 Å². The molecule has 1 atom stereocenters. The number of alkyl halides is 1. The van der Waals surface area contributed by atoms with Crippen molar-refractivity contribution in [1.82, 2.24) is 0 Å². The molecular formula is C25H31FN2O3. The molecule has 0 saturated heterocycles. The Kier molecular flexibility index (Phi) is 7.97. The Morgan fingerprint density at radius 1 is 1.39 bits per heavy atom. The highest BCUT2D eigenvalue weighted by Gasteiger charge is 2.26. The number of amides is 2. The van der Waals surface area contributed by atoms with E-state index in [2.05, 4.69) is 23.8 Å². The van der Waals surface area contributed by atoms with Crippen molar-refractivity contribution in [3.8, 4) is 5.75 Å². The molecule has 0 spiro atoms. The van der Waals surface area contributed by atoms with Gasteiger partial charge < -0.3 is 15.4 Å². The van der Waals surface area contributed by atoms with Crippen molar-refractivity contribution in [3.63, 3.8) is 0 Å². The van der Waals surface area contributed by atoms with Crippen LogP contribution in [0.4, 0.5) is 15.8 Å². The van der Waals surface area contributed by atoms with Gasteiger partial charge in [-0.15, -0.1) is 0 Å². The van der Waals surface area contributed by atoms with E-state index in [0.29, 0.717) is 53.1 Å². The quantitative estimate of drug-likeness (QED) is 0.292. The molecule has 31 heavy (non-hydrogen) atoms. The standard InChI is InChI=1S/C25H31FN2O3/c1-7-11-19(17(8-2)15-25(6,26)9-3)24(30)27-20-14-18-12-13-21(29)28-22(18)23(16(20)5)31-10-4/h7-8,10-11,14H,2,4,9,12-13,15H2,1,3,5-6H3,(H,27,30)(H,28,29)/b11-7-,19-17-. The van der Waals surface area contributed by atoms with E-state index < -0.39 is 5.67 Å². The average molecular weight is 427 g/mol. The van der Waals surface area contributed by atoms with Gasteiger partial charge in [-0.1, -0.05) is 38.3 Å². The molecule has 166 valence electrons. The van der Waals surface area contributed by atoms with Crippen molar-refractivity contribution in [1.29, 1.82) is 0 Å². The van der Waals surface area contributed by atoms with Gasteiger partial charge in [-0.05, 0) is 50.8 Å². The van der Waals surface area contributed by atoms with Crippen LogP contribution in [0, 0.1) is 6.92 Å². The second-order valence-corrected chi connectivity index (χ2v) is 7.79. The number of hydrogen-bond donors (Lipinski definition) is 2. The molecule has 0 bridgehead atoms. The summed E-state index contributed by atoms with van der Waals surface area (Å²) in [5.41, 5.74) is 2.11. The van der Waals surface area contributed by atoms with Crippen LogP contribution in [0.1, 0.15) is 51.2 Å². The van der Waals surface area contributed by atoms with Gasteiger partial charge in [-0.3, -0.25) is 9.59 Å². The summed E-state index contributed by atoms with van der Waals surface area (Å²) in [6, 6.07) is 1.84. The number of anilines is 2. The molecule has 0 aliphatic carbocycles. The molecule has 2 N–H and O–H groups in total. The molecule has 0 saturated carbocycles.